The Kier molecular flexibility index (Phi) is 5.00. The van der Waals surface area contributed by atoms with Gasteiger partial charge in [0.1, 0.15) is 0 Å². The van der Waals surface area contributed by atoms with Crippen LogP contribution in [0.3, 0.4) is 0 Å². The normalized spacial score (nSPS) is 15.4. The van der Waals surface area contributed by atoms with Gasteiger partial charge in [-0.15, -0.1) is 0 Å². The summed E-state index contributed by atoms with van der Waals surface area (Å²) in [4.78, 5) is 22.1. The summed E-state index contributed by atoms with van der Waals surface area (Å²) < 4.78 is 0. The second-order valence-electron chi connectivity index (χ2n) is 4.73. The van der Waals surface area contributed by atoms with Crippen LogP contribution in [0.5, 0.6) is 0 Å². The Morgan fingerprint density at radius 2 is 2.00 bits per heavy atom. The summed E-state index contributed by atoms with van der Waals surface area (Å²) in [6, 6.07) is 5.69. The molecule has 1 aromatic rings. The Morgan fingerprint density at radius 1 is 1.37 bits per heavy atom. The highest BCUT2D eigenvalue weighted by molar-refractivity contribution is 5.79. The lowest BCUT2D eigenvalue weighted by atomic mass is 10.0. The maximum atomic E-state index is 11.9. The molecule has 0 saturated heterocycles. The van der Waals surface area contributed by atoms with Crippen molar-refractivity contribution >= 4 is 11.6 Å². The molecule has 6 heteroatoms. The van der Waals surface area contributed by atoms with Crippen LogP contribution >= 0.6 is 0 Å². The molecule has 0 aliphatic carbocycles. The smallest absolute Gasteiger partial charge is 0.269 e. The third kappa shape index (κ3) is 4.03. The van der Waals surface area contributed by atoms with E-state index in [2.05, 4.69) is 5.32 Å². The summed E-state index contributed by atoms with van der Waals surface area (Å²) in [6.45, 7) is 5.30. The molecule has 0 saturated carbocycles. The Hall–Kier alpha value is -1.95. The summed E-state index contributed by atoms with van der Waals surface area (Å²) in [6.07, 6.45) is 0. The second kappa shape index (κ2) is 6.29. The van der Waals surface area contributed by atoms with Crippen molar-refractivity contribution in [2.45, 2.75) is 32.9 Å². The van der Waals surface area contributed by atoms with E-state index in [-0.39, 0.29) is 29.6 Å². The monoisotopic (exact) mass is 265 g/mol. The third-order valence-corrected chi connectivity index (χ3v) is 3.14. The van der Waals surface area contributed by atoms with Crippen molar-refractivity contribution in [1.82, 2.24) is 5.32 Å². The topological polar surface area (TPSA) is 98.3 Å². The Bertz CT molecular complexity index is 474. The Balaban J connectivity index is 2.78. The zero-order valence-corrected chi connectivity index (χ0v) is 11.3. The number of rotatable bonds is 5. The van der Waals surface area contributed by atoms with Crippen molar-refractivity contribution in [3.63, 3.8) is 0 Å². The van der Waals surface area contributed by atoms with Crippen molar-refractivity contribution < 1.29 is 9.72 Å². The summed E-state index contributed by atoms with van der Waals surface area (Å²) in [7, 11) is 0. The number of carbonyl (C=O) groups is 1. The number of nitrogens with zero attached hydrogens (tertiary/aromatic N) is 1. The van der Waals surface area contributed by atoms with Crippen LogP contribution in [0.25, 0.3) is 0 Å². The van der Waals surface area contributed by atoms with Crippen LogP contribution in [0.2, 0.25) is 0 Å². The lowest BCUT2D eigenvalue weighted by Crippen LogP contribution is -2.39. The van der Waals surface area contributed by atoms with E-state index in [0.29, 0.717) is 5.56 Å². The Labute approximate surface area is 112 Å². The van der Waals surface area contributed by atoms with Gasteiger partial charge in [-0.1, -0.05) is 19.1 Å². The van der Waals surface area contributed by atoms with Crippen molar-refractivity contribution in [3.05, 3.63) is 39.9 Å². The SMILES string of the molecule is CC(NC(=O)C(C)C(C)N)c1cccc([N+](=O)[O-])c1. The number of hydrogen-bond donors (Lipinski definition) is 2. The molecule has 0 aromatic heterocycles. The molecule has 19 heavy (non-hydrogen) atoms. The number of nitrogens with two attached hydrogens (primary N) is 1. The number of nitro benzene ring substituents is 1. The van der Waals surface area contributed by atoms with Crippen molar-refractivity contribution in [1.29, 1.82) is 0 Å². The van der Waals surface area contributed by atoms with Crippen molar-refractivity contribution in [2.75, 3.05) is 0 Å². The number of amides is 1. The number of carbonyl (C=O) groups excluding carboxylic acids is 1. The summed E-state index contributed by atoms with van der Waals surface area (Å²) >= 11 is 0. The minimum Gasteiger partial charge on any atom is -0.349 e. The molecule has 1 aromatic carbocycles. The molecular weight excluding hydrogens is 246 g/mol. The van der Waals surface area contributed by atoms with Gasteiger partial charge in [-0.2, -0.15) is 0 Å². The fraction of sp³-hybridized carbons (Fsp3) is 0.462. The van der Waals surface area contributed by atoms with E-state index in [1.165, 1.54) is 12.1 Å². The molecule has 3 N–H and O–H groups in total. The minimum absolute atomic E-state index is 0.0128. The van der Waals surface area contributed by atoms with Gasteiger partial charge in [-0.3, -0.25) is 14.9 Å². The predicted molar refractivity (Wildman–Crippen MR) is 72.5 cm³/mol. The second-order valence-corrected chi connectivity index (χ2v) is 4.73. The molecule has 0 radical (unpaired) electrons. The fourth-order valence-corrected chi connectivity index (χ4v) is 1.57. The summed E-state index contributed by atoms with van der Waals surface area (Å²) in [5, 5.41) is 13.5. The van der Waals surface area contributed by atoms with Gasteiger partial charge in [0.15, 0.2) is 0 Å². The quantitative estimate of drug-likeness (QED) is 0.626. The molecule has 1 amide bonds. The maximum Gasteiger partial charge on any atom is 0.269 e. The van der Waals surface area contributed by atoms with E-state index in [9.17, 15) is 14.9 Å². The Morgan fingerprint density at radius 3 is 2.53 bits per heavy atom. The molecule has 0 heterocycles. The first-order valence-corrected chi connectivity index (χ1v) is 6.13. The number of nitrogens with one attached hydrogen (secondary N) is 1. The van der Waals surface area contributed by atoms with Gasteiger partial charge in [0, 0.05) is 24.1 Å². The van der Waals surface area contributed by atoms with Crippen molar-refractivity contribution in [2.24, 2.45) is 11.7 Å². The molecule has 0 bridgehead atoms. The minimum atomic E-state index is -0.456. The summed E-state index contributed by atoms with van der Waals surface area (Å²) in [5.41, 5.74) is 6.37. The number of non-ortho nitro benzene ring substituents is 1. The molecule has 0 aliphatic rings. The van der Waals surface area contributed by atoms with Gasteiger partial charge in [-0.05, 0) is 19.4 Å². The average Bonchev–Trinajstić information content (AvgIpc) is 2.37. The molecule has 0 spiro atoms. The lowest BCUT2D eigenvalue weighted by Gasteiger charge is -2.19. The lowest BCUT2D eigenvalue weighted by molar-refractivity contribution is -0.384. The average molecular weight is 265 g/mol. The van der Waals surface area contributed by atoms with Crippen LogP contribution in [0.1, 0.15) is 32.4 Å². The van der Waals surface area contributed by atoms with Crippen LogP contribution in [-0.2, 0) is 4.79 Å². The van der Waals surface area contributed by atoms with Crippen LogP contribution in [0.15, 0.2) is 24.3 Å². The van der Waals surface area contributed by atoms with Gasteiger partial charge < -0.3 is 11.1 Å². The molecule has 3 unspecified atom stereocenters. The fourth-order valence-electron chi connectivity index (χ4n) is 1.57. The number of nitro groups is 1. The van der Waals surface area contributed by atoms with E-state index >= 15 is 0 Å². The zero-order chi connectivity index (χ0) is 14.6. The third-order valence-electron chi connectivity index (χ3n) is 3.14. The zero-order valence-electron chi connectivity index (χ0n) is 11.3. The molecule has 1 rings (SSSR count). The van der Waals surface area contributed by atoms with E-state index in [0.717, 1.165) is 0 Å². The highest BCUT2D eigenvalue weighted by Crippen LogP contribution is 2.19. The van der Waals surface area contributed by atoms with Crippen LogP contribution < -0.4 is 11.1 Å². The number of hydrogen-bond acceptors (Lipinski definition) is 4. The molecule has 0 aliphatic heterocycles. The first kappa shape index (κ1) is 15.1. The van der Waals surface area contributed by atoms with Crippen LogP contribution in [0.4, 0.5) is 5.69 Å². The van der Waals surface area contributed by atoms with Crippen LogP contribution in [0, 0.1) is 16.0 Å². The standard InChI is InChI=1S/C13H19N3O3/c1-8(9(2)14)13(17)15-10(3)11-5-4-6-12(7-11)16(18)19/h4-10H,14H2,1-3H3,(H,15,17). The van der Waals surface area contributed by atoms with Crippen molar-refractivity contribution in [3.8, 4) is 0 Å². The molecule has 6 nitrogen and oxygen atoms in total. The molecular formula is C13H19N3O3. The van der Waals surface area contributed by atoms with E-state index in [4.69, 9.17) is 5.73 Å². The highest BCUT2D eigenvalue weighted by atomic mass is 16.6. The van der Waals surface area contributed by atoms with Gasteiger partial charge in [0.25, 0.3) is 5.69 Å². The van der Waals surface area contributed by atoms with Gasteiger partial charge in [0.2, 0.25) is 5.91 Å². The molecule has 3 atom stereocenters. The highest BCUT2D eigenvalue weighted by Gasteiger charge is 2.20. The van der Waals surface area contributed by atoms with E-state index in [1.54, 1.807) is 32.9 Å². The van der Waals surface area contributed by atoms with Gasteiger partial charge >= 0.3 is 0 Å². The van der Waals surface area contributed by atoms with Crippen LogP contribution in [-0.4, -0.2) is 16.9 Å². The van der Waals surface area contributed by atoms with E-state index < -0.39 is 4.92 Å². The van der Waals surface area contributed by atoms with E-state index in [1.807, 2.05) is 0 Å². The molecule has 0 fully saturated rings. The summed E-state index contributed by atoms with van der Waals surface area (Å²) in [5.74, 6) is -0.463. The first-order valence-electron chi connectivity index (χ1n) is 6.13. The van der Waals surface area contributed by atoms with Gasteiger partial charge in [0.05, 0.1) is 11.0 Å². The maximum absolute atomic E-state index is 11.9. The number of benzene rings is 1. The first-order chi connectivity index (χ1) is 8.82. The largest absolute Gasteiger partial charge is 0.349 e. The predicted octanol–water partition coefficient (Wildman–Crippen LogP) is 1.76. The van der Waals surface area contributed by atoms with Gasteiger partial charge in [-0.25, -0.2) is 0 Å². The molecule has 104 valence electrons.